The van der Waals surface area contributed by atoms with Crippen LogP contribution in [-0.4, -0.2) is 26.5 Å². The van der Waals surface area contributed by atoms with Gasteiger partial charge in [0.25, 0.3) is 0 Å². The van der Waals surface area contributed by atoms with Gasteiger partial charge >= 0.3 is 5.30 Å². The molecule has 0 aliphatic rings. The summed E-state index contributed by atoms with van der Waals surface area (Å²) in [4.78, 5) is 12.3. The van der Waals surface area contributed by atoms with E-state index in [1.54, 1.807) is 18.3 Å². The summed E-state index contributed by atoms with van der Waals surface area (Å²) in [6.07, 6.45) is 0. The van der Waals surface area contributed by atoms with Crippen molar-refractivity contribution in [3.8, 4) is 0 Å². The van der Waals surface area contributed by atoms with Crippen LogP contribution in [0.1, 0.15) is 6.92 Å². The van der Waals surface area contributed by atoms with Gasteiger partial charge < -0.3 is 4.74 Å². The number of hydrogen-bond acceptors (Lipinski definition) is 6. The Hall–Kier alpha value is -1.60. The molecule has 0 radical (unpaired) electrons. The molecule has 0 aliphatic heterocycles. The van der Waals surface area contributed by atoms with Crippen molar-refractivity contribution in [2.75, 3.05) is 6.61 Å². The first-order valence-electron chi connectivity index (χ1n) is 5.37. The van der Waals surface area contributed by atoms with Crippen LogP contribution in [0, 0.1) is 0 Å². The fraction of sp³-hybridized carbons (Fsp3) is 0.182. The molecule has 3 rings (SSSR count). The smallest absolute Gasteiger partial charge is 0.375 e. The molecule has 92 valence electrons. The lowest BCUT2D eigenvalue weighted by molar-refractivity contribution is 0.181. The lowest BCUT2D eigenvalue weighted by Crippen LogP contribution is -1.97. The number of carbonyl (C=O) groups is 1. The lowest BCUT2D eigenvalue weighted by atomic mass is 10.3. The molecule has 0 fully saturated rings. The van der Waals surface area contributed by atoms with E-state index in [0.29, 0.717) is 11.8 Å². The summed E-state index contributed by atoms with van der Waals surface area (Å²) >= 11 is 2.51. The summed E-state index contributed by atoms with van der Waals surface area (Å²) in [6.45, 7) is 2.13. The maximum absolute atomic E-state index is 11.5. The minimum atomic E-state index is -0.359. The van der Waals surface area contributed by atoms with E-state index >= 15 is 0 Å². The Labute approximate surface area is 111 Å². The highest BCUT2D eigenvalue weighted by Gasteiger charge is 2.16. The molecule has 18 heavy (non-hydrogen) atoms. The van der Waals surface area contributed by atoms with Crippen LogP contribution >= 0.6 is 23.1 Å². The minimum absolute atomic E-state index is 0.359. The average Bonchev–Trinajstić information content (AvgIpc) is 2.89. The second-order valence-corrected chi connectivity index (χ2v) is 5.37. The van der Waals surface area contributed by atoms with Gasteiger partial charge in [-0.1, -0.05) is 23.5 Å². The zero-order chi connectivity index (χ0) is 12.5. The number of fused-ring (bicyclic) bond motifs is 3. The standard InChI is InChI=1S/C11H9N3O2S2/c1-2-16-11(15)18-10-13-12-9-14(10)7-5-3-4-6-8(7)17-9/h3-6H,2H2,1H3. The van der Waals surface area contributed by atoms with Crippen LogP contribution in [0.5, 0.6) is 0 Å². The number of nitrogens with zero attached hydrogens (tertiary/aromatic N) is 3. The summed E-state index contributed by atoms with van der Waals surface area (Å²) in [5.74, 6) is 0. The number of thioether (sulfide) groups is 1. The molecular weight excluding hydrogens is 270 g/mol. The maximum atomic E-state index is 11.5. The third-order valence-corrected chi connectivity index (χ3v) is 4.09. The largest absolute Gasteiger partial charge is 0.458 e. The van der Waals surface area contributed by atoms with Gasteiger partial charge in [-0.15, -0.1) is 10.2 Å². The van der Waals surface area contributed by atoms with Crippen LogP contribution in [0.3, 0.4) is 0 Å². The Morgan fingerprint density at radius 2 is 2.28 bits per heavy atom. The topological polar surface area (TPSA) is 56.5 Å². The van der Waals surface area contributed by atoms with Gasteiger partial charge in [-0.3, -0.25) is 4.40 Å². The van der Waals surface area contributed by atoms with Crippen molar-refractivity contribution in [1.29, 1.82) is 0 Å². The van der Waals surface area contributed by atoms with E-state index in [9.17, 15) is 4.79 Å². The molecule has 1 aromatic carbocycles. The Kier molecular flexibility index (Phi) is 2.92. The molecular formula is C11H9N3O2S2. The second-order valence-electron chi connectivity index (χ2n) is 3.46. The highest BCUT2D eigenvalue weighted by Crippen LogP contribution is 2.29. The van der Waals surface area contributed by atoms with Gasteiger partial charge in [0.2, 0.25) is 10.1 Å². The first kappa shape index (κ1) is 11.5. The van der Waals surface area contributed by atoms with Crippen molar-refractivity contribution >= 4 is 43.6 Å². The number of rotatable bonds is 2. The Morgan fingerprint density at radius 3 is 3.11 bits per heavy atom. The summed E-state index contributed by atoms with van der Waals surface area (Å²) in [5.41, 5.74) is 1.01. The summed E-state index contributed by atoms with van der Waals surface area (Å²) in [7, 11) is 0. The molecule has 2 heterocycles. The number of carbonyl (C=O) groups excluding carboxylic acids is 1. The molecule has 2 aromatic heterocycles. The molecule has 0 unspecified atom stereocenters. The molecule has 0 aliphatic carbocycles. The number of hydrogen-bond donors (Lipinski definition) is 0. The predicted molar refractivity (Wildman–Crippen MR) is 71.2 cm³/mol. The molecule has 0 N–H and O–H groups in total. The van der Waals surface area contributed by atoms with Gasteiger partial charge in [0.05, 0.1) is 16.8 Å². The molecule has 5 nitrogen and oxygen atoms in total. The van der Waals surface area contributed by atoms with Crippen LogP contribution < -0.4 is 0 Å². The fourth-order valence-electron chi connectivity index (χ4n) is 1.64. The summed E-state index contributed by atoms with van der Waals surface area (Å²) < 4.78 is 7.89. The van der Waals surface area contributed by atoms with Gasteiger partial charge in [-0.05, 0) is 19.1 Å². The number of thiazole rings is 1. The molecule has 0 saturated carbocycles. The van der Waals surface area contributed by atoms with Crippen molar-refractivity contribution in [1.82, 2.24) is 14.6 Å². The number of para-hydroxylation sites is 1. The van der Waals surface area contributed by atoms with E-state index in [1.807, 2.05) is 28.7 Å². The lowest BCUT2D eigenvalue weighted by Gasteiger charge is -1.98. The highest BCUT2D eigenvalue weighted by molar-refractivity contribution is 8.13. The Morgan fingerprint density at radius 1 is 1.44 bits per heavy atom. The molecule has 0 amide bonds. The van der Waals surface area contributed by atoms with E-state index in [1.165, 1.54) is 0 Å². The normalized spacial score (nSPS) is 11.2. The quantitative estimate of drug-likeness (QED) is 0.532. The van der Waals surface area contributed by atoms with Crippen molar-refractivity contribution in [2.45, 2.75) is 12.1 Å². The fourth-order valence-corrected chi connectivity index (χ4v) is 3.35. The molecule has 0 bridgehead atoms. The summed E-state index contributed by atoms with van der Waals surface area (Å²) in [5, 5.41) is 8.27. The van der Waals surface area contributed by atoms with Crippen LogP contribution in [0.2, 0.25) is 0 Å². The molecule has 0 saturated heterocycles. The van der Waals surface area contributed by atoms with Crippen molar-refractivity contribution in [3.05, 3.63) is 24.3 Å². The van der Waals surface area contributed by atoms with Gasteiger partial charge in [0.15, 0.2) is 0 Å². The van der Waals surface area contributed by atoms with Gasteiger partial charge in [-0.25, -0.2) is 4.79 Å². The minimum Gasteiger partial charge on any atom is -0.458 e. The maximum Gasteiger partial charge on any atom is 0.375 e. The van der Waals surface area contributed by atoms with E-state index in [4.69, 9.17) is 4.74 Å². The molecule has 0 atom stereocenters. The number of ether oxygens (including phenoxy) is 1. The third kappa shape index (κ3) is 1.85. The van der Waals surface area contributed by atoms with Crippen LogP contribution in [0.4, 0.5) is 4.79 Å². The first-order valence-corrected chi connectivity index (χ1v) is 7.00. The number of benzene rings is 1. The predicted octanol–water partition coefficient (Wildman–Crippen LogP) is 3.19. The average molecular weight is 279 g/mol. The summed E-state index contributed by atoms with van der Waals surface area (Å²) in [6, 6.07) is 7.93. The zero-order valence-electron chi connectivity index (χ0n) is 9.49. The Balaban J connectivity index is 2.09. The van der Waals surface area contributed by atoms with Crippen molar-refractivity contribution < 1.29 is 9.53 Å². The van der Waals surface area contributed by atoms with Crippen LogP contribution in [-0.2, 0) is 4.74 Å². The van der Waals surface area contributed by atoms with Crippen LogP contribution in [0.15, 0.2) is 29.4 Å². The third-order valence-electron chi connectivity index (χ3n) is 2.35. The van der Waals surface area contributed by atoms with Crippen molar-refractivity contribution in [3.63, 3.8) is 0 Å². The monoisotopic (exact) mass is 279 g/mol. The van der Waals surface area contributed by atoms with E-state index in [2.05, 4.69) is 10.2 Å². The van der Waals surface area contributed by atoms with E-state index in [0.717, 1.165) is 26.9 Å². The van der Waals surface area contributed by atoms with Gasteiger partial charge in [0.1, 0.15) is 0 Å². The zero-order valence-corrected chi connectivity index (χ0v) is 11.1. The molecule has 0 spiro atoms. The molecule has 7 heteroatoms. The Bertz CT molecular complexity index is 719. The second kappa shape index (κ2) is 4.58. The van der Waals surface area contributed by atoms with E-state index in [-0.39, 0.29) is 5.30 Å². The van der Waals surface area contributed by atoms with Crippen LogP contribution in [0.25, 0.3) is 15.2 Å². The number of aromatic nitrogens is 3. The SMILES string of the molecule is CCOC(=O)Sc1nnc2sc3ccccc3n12. The highest BCUT2D eigenvalue weighted by atomic mass is 32.2. The van der Waals surface area contributed by atoms with Gasteiger partial charge in [-0.2, -0.15) is 0 Å². The molecule has 3 aromatic rings. The van der Waals surface area contributed by atoms with Crippen molar-refractivity contribution in [2.24, 2.45) is 0 Å². The van der Waals surface area contributed by atoms with E-state index < -0.39 is 0 Å². The first-order chi connectivity index (χ1) is 8.79. The van der Waals surface area contributed by atoms with Gasteiger partial charge in [0, 0.05) is 11.8 Å².